The highest BCUT2D eigenvalue weighted by Crippen LogP contribution is 2.37. The number of amides is 1. The Kier molecular flexibility index (Phi) is 9.23. The lowest BCUT2D eigenvalue weighted by molar-refractivity contribution is -0.0515. The molecule has 1 saturated carbocycles. The highest BCUT2D eigenvalue weighted by atomic mass is 35.5. The smallest absolute Gasteiger partial charge is 0.387 e. The van der Waals surface area contributed by atoms with E-state index in [1.54, 1.807) is 6.92 Å². The van der Waals surface area contributed by atoms with Crippen LogP contribution in [0.1, 0.15) is 58.0 Å². The monoisotopic (exact) mass is 555 g/mol. The van der Waals surface area contributed by atoms with Crippen LogP contribution < -0.4 is 20.5 Å². The van der Waals surface area contributed by atoms with E-state index < -0.39 is 30.3 Å². The highest BCUT2D eigenvalue weighted by Gasteiger charge is 2.24. The van der Waals surface area contributed by atoms with Gasteiger partial charge in [-0.15, -0.1) is 12.4 Å². The van der Waals surface area contributed by atoms with Gasteiger partial charge in [-0.3, -0.25) is 4.79 Å². The predicted molar refractivity (Wildman–Crippen MR) is 131 cm³/mol. The maximum atomic E-state index is 14.2. The number of nitrogens with zero attached hydrogens (tertiary/aromatic N) is 1. The minimum absolute atomic E-state index is 0. The van der Waals surface area contributed by atoms with E-state index in [0.717, 1.165) is 31.0 Å². The summed E-state index contributed by atoms with van der Waals surface area (Å²) in [6.07, 6.45) is 2.01. The van der Waals surface area contributed by atoms with Gasteiger partial charge in [0.05, 0.1) is 30.3 Å². The van der Waals surface area contributed by atoms with Crippen molar-refractivity contribution in [2.24, 2.45) is 11.7 Å². The van der Waals surface area contributed by atoms with Crippen LogP contribution in [0.25, 0.3) is 11.5 Å². The van der Waals surface area contributed by atoms with Gasteiger partial charge in [0.1, 0.15) is 17.3 Å². The minimum Gasteiger partial charge on any atom is -0.489 e. The molecule has 9 nitrogen and oxygen atoms in total. The molecule has 4 rings (SSSR count). The summed E-state index contributed by atoms with van der Waals surface area (Å²) in [5, 5.41) is 11.5. The fourth-order valence-electron chi connectivity index (χ4n) is 3.50. The Bertz CT molecular complexity index is 1310. The molecule has 2 aromatic carbocycles. The topological polar surface area (TPSA) is 137 Å². The zero-order valence-corrected chi connectivity index (χ0v) is 20.9. The van der Waals surface area contributed by atoms with Crippen LogP contribution in [0.5, 0.6) is 11.5 Å². The molecular weight excluding hydrogens is 531 g/mol. The standard InChI is InChI=1S/C25H24F3N3O6.ClH/c1-12(29)21-18(10-30-22(32)16-6-4-15(24(33)34)8-17(16)26)31-23(37-21)14-5-7-19(36-25(27)28)20(9-14)35-11-13-2-3-13;/h4-9,12-13,25H,2-3,10-11,29H2,1H3,(H,30,32)(H,33,34);1H. The van der Waals surface area contributed by atoms with Crippen molar-refractivity contribution in [1.82, 2.24) is 10.3 Å². The van der Waals surface area contributed by atoms with Crippen molar-refractivity contribution < 1.29 is 41.8 Å². The Hall–Kier alpha value is -3.77. The second-order valence-corrected chi connectivity index (χ2v) is 8.60. The molecule has 4 N–H and O–H groups in total. The van der Waals surface area contributed by atoms with Crippen molar-refractivity contribution in [3.05, 3.63) is 64.8 Å². The Labute approximate surface area is 221 Å². The number of benzene rings is 2. The number of aromatic carboxylic acids is 1. The summed E-state index contributed by atoms with van der Waals surface area (Å²) >= 11 is 0. The van der Waals surface area contributed by atoms with E-state index in [9.17, 15) is 22.8 Å². The first-order valence-corrected chi connectivity index (χ1v) is 11.4. The lowest BCUT2D eigenvalue weighted by Crippen LogP contribution is -2.25. The molecule has 1 fully saturated rings. The van der Waals surface area contributed by atoms with Crippen LogP contribution >= 0.6 is 12.4 Å². The Morgan fingerprint density at radius 3 is 2.55 bits per heavy atom. The van der Waals surface area contributed by atoms with Gasteiger partial charge >= 0.3 is 12.6 Å². The van der Waals surface area contributed by atoms with E-state index in [2.05, 4.69) is 15.0 Å². The van der Waals surface area contributed by atoms with Gasteiger partial charge in [-0.2, -0.15) is 8.78 Å². The third-order valence-corrected chi connectivity index (χ3v) is 5.60. The zero-order chi connectivity index (χ0) is 26.7. The number of carbonyl (C=O) groups excluding carboxylic acids is 1. The Balaban J connectivity index is 0.00000400. The molecule has 0 aliphatic heterocycles. The molecule has 1 heterocycles. The number of rotatable bonds is 11. The van der Waals surface area contributed by atoms with Crippen LogP contribution in [0, 0.1) is 11.7 Å². The molecule has 1 amide bonds. The van der Waals surface area contributed by atoms with Gasteiger partial charge < -0.3 is 30.0 Å². The lowest BCUT2D eigenvalue weighted by atomic mass is 10.1. The number of alkyl halides is 2. The van der Waals surface area contributed by atoms with Crippen LogP contribution in [0.4, 0.5) is 13.2 Å². The van der Waals surface area contributed by atoms with Gasteiger partial charge in [0.15, 0.2) is 11.5 Å². The molecule has 0 spiro atoms. The summed E-state index contributed by atoms with van der Waals surface area (Å²) in [6, 6.07) is 6.59. The first-order valence-electron chi connectivity index (χ1n) is 11.4. The van der Waals surface area contributed by atoms with Gasteiger partial charge in [-0.25, -0.2) is 14.2 Å². The van der Waals surface area contributed by atoms with Gasteiger partial charge in [0, 0.05) is 5.56 Å². The second-order valence-electron chi connectivity index (χ2n) is 8.60. The molecule has 1 aliphatic carbocycles. The number of halogens is 4. The molecule has 1 unspecified atom stereocenters. The molecule has 1 aromatic heterocycles. The molecular formula is C25H25ClF3N3O6. The van der Waals surface area contributed by atoms with E-state index in [1.165, 1.54) is 18.2 Å². The van der Waals surface area contributed by atoms with Crippen molar-refractivity contribution in [1.29, 1.82) is 0 Å². The quantitative estimate of drug-likeness (QED) is 0.302. The molecule has 0 radical (unpaired) electrons. The number of carbonyl (C=O) groups is 2. The third-order valence-electron chi connectivity index (χ3n) is 5.60. The first kappa shape index (κ1) is 28.8. The number of carboxylic acid groups (broad SMARTS) is 1. The van der Waals surface area contributed by atoms with Gasteiger partial charge in [0.2, 0.25) is 5.89 Å². The molecule has 1 atom stereocenters. The summed E-state index contributed by atoms with van der Waals surface area (Å²) in [7, 11) is 0. The van der Waals surface area contributed by atoms with Crippen LogP contribution in [0.15, 0.2) is 40.8 Å². The van der Waals surface area contributed by atoms with E-state index in [1.807, 2.05) is 0 Å². The van der Waals surface area contributed by atoms with Crippen molar-refractivity contribution in [2.75, 3.05) is 6.61 Å². The molecule has 0 saturated heterocycles. The van der Waals surface area contributed by atoms with E-state index >= 15 is 0 Å². The number of nitrogens with one attached hydrogen (secondary N) is 1. The first-order chi connectivity index (χ1) is 17.6. The fourth-order valence-corrected chi connectivity index (χ4v) is 3.50. The molecule has 13 heteroatoms. The highest BCUT2D eigenvalue weighted by molar-refractivity contribution is 5.96. The second kappa shape index (κ2) is 12.2. The average molecular weight is 556 g/mol. The summed E-state index contributed by atoms with van der Waals surface area (Å²) in [5.74, 6) is -2.39. The van der Waals surface area contributed by atoms with Crippen molar-refractivity contribution in [2.45, 2.75) is 39.0 Å². The SMILES string of the molecule is CC(N)c1oc(-c2ccc(OC(F)F)c(OCC3CC3)c2)nc1CNC(=O)c1ccc(C(=O)O)cc1F.Cl. The molecule has 38 heavy (non-hydrogen) atoms. The number of aromatic nitrogens is 1. The summed E-state index contributed by atoms with van der Waals surface area (Å²) in [4.78, 5) is 27.9. The van der Waals surface area contributed by atoms with Crippen molar-refractivity contribution in [3.8, 4) is 23.0 Å². The maximum absolute atomic E-state index is 14.2. The van der Waals surface area contributed by atoms with Gasteiger partial charge in [-0.05, 0) is 62.1 Å². The van der Waals surface area contributed by atoms with Gasteiger partial charge in [0.25, 0.3) is 5.91 Å². The molecule has 0 bridgehead atoms. The number of hydrogen-bond donors (Lipinski definition) is 3. The van der Waals surface area contributed by atoms with E-state index in [0.29, 0.717) is 18.1 Å². The fraction of sp³-hybridized carbons (Fsp3) is 0.320. The maximum Gasteiger partial charge on any atom is 0.387 e. The van der Waals surface area contributed by atoms with Crippen LogP contribution in [-0.2, 0) is 6.54 Å². The molecule has 1 aliphatic rings. The molecule has 204 valence electrons. The Morgan fingerprint density at radius 1 is 1.21 bits per heavy atom. The largest absolute Gasteiger partial charge is 0.489 e. The number of hydrogen-bond acceptors (Lipinski definition) is 7. The number of nitrogens with two attached hydrogens (primary N) is 1. The number of oxazole rings is 1. The van der Waals surface area contributed by atoms with E-state index in [4.69, 9.17) is 20.0 Å². The average Bonchev–Trinajstić information content (AvgIpc) is 3.57. The summed E-state index contributed by atoms with van der Waals surface area (Å²) < 4.78 is 55.9. The number of carboxylic acids is 1. The van der Waals surface area contributed by atoms with Crippen LogP contribution in [0.2, 0.25) is 0 Å². The summed E-state index contributed by atoms with van der Waals surface area (Å²) in [6.45, 7) is -1.19. The molecule has 3 aromatic rings. The normalized spacial score (nSPS) is 13.5. The minimum atomic E-state index is -3.03. The van der Waals surface area contributed by atoms with Crippen molar-refractivity contribution in [3.63, 3.8) is 0 Å². The third kappa shape index (κ3) is 6.95. The van der Waals surface area contributed by atoms with Crippen LogP contribution in [-0.4, -0.2) is 35.2 Å². The summed E-state index contributed by atoms with van der Waals surface area (Å²) in [5.41, 5.74) is 6.04. The number of ether oxygens (including phenoxy) is 2. The zero-order valence-electron chi connectivity index (χ0n) is 20.1. The van der Waals surface area contributed by atoms with Crippen molar-refractivity contribution >= 4 is 24.3 Å². The van der Waals surface area contributed by atoms with Gasteiger partial charge in [-0.1, -0.05) is 0 Å². The lowest BCUT2D eigenvalue weighted by Gasteiger charge is -2.12. The predicted octanol–water partition coefficient (Wildman–Crippen LogP) is 4.94. The van der Waals surface area contributed by atoms with Crippen LogP contribution in [0.3, 0.4) is 0 Å². The van der Waals surface area contributed by atoms with E-state index in [-0.39, 0.29) is 58.9 Å². The Morgan fingerprint density at radius 2 is 1.95 bits per heavy atom.